The Morgan fingerprint density at radius 3 is 2.35 bits per heavy atom. The molecule has 0 aliphatic rings. The minimum atomic E-state index is -3.72. The molecule has 0 aliphatic heterocycles. The molecule has 0 N–H and O–H groups in total. The highest BCUT2D eigenvalue weighted by Crippen LogP contribution is 2.28. The van der Waals surface area contributed by atoms with Gasteiger partial charge < -0.3 is 0 Å². The number of benzene rings is 1. The smallest absolute Gasteiger partial charge is 0.242 e. The molecule has 0 fully saturated rings. The summed E-state index contributed by atoms with van der Waals surface area (Å²) >= 11 is 0. The van der Waals surface area contributed by atoms with Crippen LogP contribution in [0.2, 0.25) is 0 Å². The lowest BCUT2D eigenvalue weighted by Crippen LogP contribution is -2.12. The fraction of sp³-hybridized carbons (Fsp3) is 0.105. The number of aromatic nitrogens is 4. The van der Waals surface area contributed by atoms with Gasteiger partial charge in [-0.2, -0.15) is 0 Å². The van der Waals surface area contributed by atoms with Crippen LogP contribution in [0.25, 0.3) is 22.3 Å². The van der Waals surface area contributed by atoms with Crippen molar-refractivity contribution < 1.29 is 8.42 Å². The van der Waals surface area contributed by atoms with E-state index in [1.807, 2.05) is 19.9 Å². The lowest BCUT2D eigenvalue weighted by molar-refractivity contribution is 0.588. The molecule has 0 aliphatic carbocycles. The van der Waals surface area contributed by atoms with Crippen LogP contribution >= 0.6 is 0 Å². The maximum Gasteiger partial charge on any atom is 0.269 e. The summed E-state index contributed by atoms with van der Waals surface area (Å²) < 4.78 is 27.3. The summed E-state index contributed by atoms with van der Waals surface area (Å²) in [6.45, 7) is 3.73. The van der Waals surface area contributed by atoms with Gasteiger partial charge in [0.2, 0.25) is 0 Å². The third-order valence-electron chi connectivity index (χ3n) is 4.18. The maximum atomic E-state index is 13.0. The van der Waals surface area contributed by atoms with Crippen LogP contribution in [0.1, 0.15) is 11.4 Å². The quantitative estimate of drug-likeness (QED) is 0.557. The van der Waals surface area contributed by atoms with Crippen molar-refractivity contribution in [1.82, 2.24) is 18.9 Å². The predicted molar refractivity (Wildman–Crippen MR) is 99.3 cm³/mol. The summed E-state index contributed by atoms with van der Waals surface area (Å²) in [7, 11) is -3.72. The van der Waals surface area contributed by atoms with Crippen LogP contribution in [0.5, 0.6) is 0 Å². The largest absolute Gasteiger partial charge is 0.269 e. The highest BCUT2D eigenvalue weighted by atomic mass is 32.2. The van der Waals surface area contributed by atoms with Crippen LogP contribution in [0, 0.1) is 13.8 Å². The van der Waals surface area contributed by atoms with Crippen LogP contribution in [0.4, 0.5) is 0 Å². The summed E-state index contributed by atoms with van der Waals surface area (Å²) in [5.41, 5.74) is 2.92. The Hall–Kier alpha value is -3.06. The molecule has 26 heavy (non-hydrogen) atoms. The first-order chi connectivity index (χ1) is 12.5. The van der Waals surface area contributed by atoms with Crippen molar-refractivity contribution >= 4 is 21.1 Å². The predicted octanol–water partition coefficient (Wildman–Crippen LogP) is 3.35. The molecule has 0 saturated carbocycles. The molecule has 3 heterocycles. The van der Waals surface area contributed by atoms with Crippen LogP contribution in [0.15, 0.2) is 66.0 Å². The van der Waals surface area contributed by atoms with Crippen molar-refractivity contribution in [2.75, 3.05) is 0 Å². The first-order valence-electron chi connectivity index (χ1n) is 8.05. The number of fused-ring (bicyclic) bond motifs is 1. The fourth-order valence-corrected chi connectivity index (χ4v) is 4.16. The Labute approximate surface area is 151 Å². The van der Waals surface area contributed by atoms with Gasteiger partial charge >= 0.3 is 0 Å². The number of pyridine rings is 1. The molecule has 0 spiro atoms. The van der Waals surface area contributed by atoms with Crippen molar-refractivity contribution in [3.05, 3.63) is 72.4 Å². The van der Waals surface area contributed by atoms with Crippen LogP contribution in [0.3, 0.4) is 0 Å². The Kier molecular flexibility index (Phi) is 3.81. The van der Waals surface area contributed by atoms with E-state index in [4.69, 9.17) is 0 Å². The molecule has 7 heteroatoms. The van der Waals surface area contributed by atoms with Crippen molar-refractivity contribution in [3.8, 4) is 11.3 Å². The fourth-order valence-electron chi connectivity index (χ4n) is 2.86. The molecule has 0 bridgehead atoms. The molecule has 4 aromatic rings. The lowest BCUT2D eigenvalue weighted by atomic mass is 10.1. The Balaban J connectivity index is 1.91. The van der Waals surface area contributed by atoms with E-state index in [-0.39, 0.29) is 4.90 Å². The SMILES string of the molecule is Cc1ccc(S(=O)(=O)n2ccc3c(-c4ccnc(C)n4)ccnc32)cc1. The zero-order valence-electron chi connectivity index (χ0n) is 14.3. The molecule has 1 aromatic carbocycles. The van der Waals surface area contributed by atoms with Gasteiger partial charge in [-0.25, -0.2) is 27.3 Å². The van der Waals surface area contributed by atoms with Gasteiger partial charge in [0, 0.05) is 29.5 Å². The van der Waals surface area contributed by atoms with Gasteiger partial charge in [0.1, 0.15) is 5.82 Å². The second kappa shape index (κ2) is 6.03. The molecule has 4 rings (SSSR count). The van der Waals surface area contributed by atoms with E-state index in [2.05, 4.69) is 15.0 Å². The number of rotatable bonds is 3. The lowest BCUT2D eigenvalue weighted by Gasteiger charge is -2.08. The highest BCUT2D eigenvalue weighted by molar-refractivity contribution is 7.90. The molecule has 0 atom stereocenters. The standard InChI is InChI=1S/C19H16N4O2S/c1-13-3-5-15(6-4-13)26(24,25)23-12-9-17-16(7-10-21-19(17)23)18-8-11-20-14(2)22-18/h3-12H,1-2H3. The number of nitrogens with zero attached hydrogens (tertiary/aromatic N) is 4. The van der Waals surface area contributed by atoms with E-state index in [0.29, 0.717) is 11.5 Å². The van der Waals surface area contributed by atoms with Gasteiger partial charge in [-0.3, -0.25) is 0 Å². The topological polar surface area (TPSA) is 77.7 Å². The second-order valence-corrected chi connectivity index (χ2v) is 7.83. The second-order valence-electron chi connectivity index (χ2n) is 6.01. The van der Waals surface area contributed by atoms with Gasteiger partial charge in [0.15, 0.2) is 5.65 Å². The summed E-state index contributed by atoms with van der Waals surface area (Å²) in [5.74, 6) is 0.652. The van der Waals surface area contributed by atoms with E-state index >= 15 is 0 Å². The van der Waals surface area contributed by atoms with Crippen LogP contribution in [-0.2, 0) is 10.0 Å². The molecule has 130 valence electrons. The normalized spacial score (nSPS) is 11.8. The van der Waals surface area contributed by atoms with E-state index in [1.54, 1.807) is 48.8 Å². The zero-order valence-corrected chi connectivity index (χ0v) is 15.1. The van der Waals surface area contributed by atoms with E-state index in [1.165, 1.54) is 10.2 Å². The molecule has 6 nitrogen and oxygen atoms in total. The Bertz CT molecular complexity index is 1210. The van der Waals surface area contributed by atoms with Crippen LogP contribution in [-0.4, -0.2) is 27.3 Å². The molecule has 0 amide bonds. The van der Waals surface area contributed by atoms with Gasteiger partial charge in [0.25, 0.3) is 10.0 Å². The average molecular weight is 364 g/mol. The summed E-state index contributed by atoms with van der Waals surface area (Å²) in [6.07, 6.45) is 4.81. The van der Waals surface area contributed by atoms with Gasteiger partial charge in [-0.05, 0) is 44.2 Å². The number of hydrogen-bond donors (Lipinski definition) is 0. The van der Waals surface area contributed by atoms with Crippen molar-refractivity contribution in [2.45, 2.75) is 18.7 Å². The average Bonchev–Trinajstić information content (AvgIpc) is 3.07. The van der Waals surface area contributed by atoms with E-state index < -0.39 is 10.0 Å². The van der Waals surface area contributed by atoms with Gasteiger partial charge in [-0.1, -0.05) is 17.7 Å². The Morgan fingerprint density at radius 2 is 1.62 bits per heavy atom. The molecular formula is C19H16N4O2S. The van der Waals surface area contributed by atoms with Crippen LogP contribution < -0.4 is 0 Å². The number of hydrogen-bond acceptors (Lipinski definition) is 5. The van der Waals surface area contributed by atoms with Crippen molar-refractivity contribution in [3.63, 3.8) is 0 Å². The molecule has 3 aromatic heterocycles. The molecule has 0 radical (unpaired) electrons. The monoisotopic (exact) mass is 364 g/mol. The Morgan fingerprint density at radius 1 is 0.885 bits per heavy atom. The van der Waals surface area contributed by atoms with E-state index in [9.17, 15) is 8.42 Å². The first kappa shape index (κ1) is 16.4. The highest BCUT2D eigenvalue weighted by Gasteiger charge is 2.21. The minimum Gasteiger partial charge on any atom is -0.242 e. The molecular weight excluding hydrogens is 348 g/mol. The first-order valence-corrected chi connectivity index (χ1v) is 9.49. The summed E-state index contributed by atoms with van der Waals surface area (Å²) in [5, 5.41) is 0.723. The third kappa shape index (κ3) is 2.66. The number of aryl methyl sites for hydroxylation is 2. The zero-order chi connectivity index (χ0) is 18.3. The summed E-state index contributed by atoms with van der Waals surface area (Å²) in [4.78, 5) is 13.1. The maximum absolute atomic E-state index is 13.0. The molecule has 0 unspecified atom stereocenters. The van der Waals surface area contributed by atoms with Gasteiger partial charge in [-0.15, -0.1) is 0 Å². The van der Waals surface area contributed by atoms with Gasteiger partial charge in [0.05, 0.1) is 10.6 Å². The summed E-state index contributed by atoms with van der Waals surface area (Å²) in [6, 6.07) is 12.1. The van der Waals surface area contributed by atoms with E-state index in [0.717, 1.165) is 22.2 Å². The van der Waals surface area contributed by atoms with Crippen molar-refractivity contribution in [1.29, 1.82) is 0 Å². The third-order valence-corrected chi connectivity index (χ3v) is 5.86. The minimum absolute atomic E-state index is 0.227. The molecule has 0 saturated heterocycles. The van der Waals surface area contributed by atoms with Crippen molar-refractivity contribution in [2.24, 2.45) is 0 Å².